The van der Waals surface area contributed by atoms with E-state index in [1.165, 1.54) is 0 Å². The van der Waals surface area contributed by atoms with Gasteiger partial charge in [0.25, 0.3) is 0 Å². The van der Waals surface area contributed by atoms with Crippen molar-refractivity contribution in [1.29, 1.82) is 0 Å². The van der Waals surface area contributed by atoms with Gasteiger partial charge in [-0.05, 0) is 0 Å². The van der Waals surface area contributed by atoms with Gasteiger partial charge in [0.15, 0.2) is 0 Å². The molecule has 0 aliphatic heterocycles. The second-order valence-corrected chi connectivity index (χ2v) is 6.17. The Morgan fingerprint density at radius 3 is 1.30 bits per heavy atom. The van der Waals surface area contributed by atoms with E-state index in [-0.39, 0.29) is 26.2 Å². The van der Waals surface area contributed by atoms with E-state index in [1.54, 1.807) is 0 Å². The number of halogens is 1. The van der Waals surface area contributed by atoms with Crippen molar-refractivity contribution in [2.45, 2.75) is 48.0 Å². The van der Waals surface area contributed by atoms with Crippen LogP contribution in [-0.2, 0) is 26.2 Å². The summed E-state index contributed by atoms with van der Waals surface area (Å²) in [6, 6.07) is 0. The van der Waals surface area contributed by atoms with Gasteiger partial charge in [-0.25, -0.2) is 0 Å². The number of nitrogens with zero attached hydrogens (tertiary/aromatic N) is 3. The molecule has 0 radical (unpaired) electrons. The Labute approximate surface area is 170 Å². The summed E-state index contributed by atoms with van der Waals surface area (Å²) in [5, 5.41) is 11.9. The van der Waals surface area contributed by atoms with E-state index >= 15 is 0 Å². The summed E-state index contributed by atoms with van der Waals surface area (Å²) in [5.74, 6) is 0. The van der Waals surface area contributed by atoms with E-state index in [9.17, 15) is 3.50 Å². The molecule has 0 aromatic rings. The smallest absolute Gasteiger partial charge is 4.00 e. The average molecular weight is 465 g/mol. The van der Waals surface area contributed by atoms with Gasteiger partial charge in [0.05, 0.1) is 0 Å². The molecule has 0 bridgehead atoms. The predicted molar refractivity (Wildman–Crippen MR) is 103 cm³/mol. The standard InChI is InChI=1S/C5H6FGe.3C4H10N.Zr/c6-7-5-3-1-2-4-5;3*1-3-5-4-2;/h1,3H,2,7H2;3*3-4H2,1-2H3;/q4*-1;+4. The largest absolute Gasteiger partial charge is 4.00 e. The molecule has 1 aliphatic rings. The first-order valence-electron chi connectivity index (χ1n) is 8.39. The van der Waals surface area contributed by atoms with Crippen molar-refractivity contribution in [3.8, 4) is 0 Å². The van der Waals surface area contributed by atoms with Gasteiger partial charge in [0.2, 0.25) is 0 Å². The zero-order chi connectivity index (χ0) is 17.5. The van der Waals surface area contributed by atoms with Crippen LogP contribution < -0.4 is 0 Å². The van der Waals surface area contributed by atoms with Crippen molar-refractivity contribution in [2.75, 3.05) is 39.3 Å². The molecule has 0 aromatic carbocycles. The van der Waals surface area contributed by atoms with Gasteiger partial charge in [-0.2, -0.15) is 39.3 Å². The second-order valence-electron chi connectivity index (χ2n) is 4.01. The molecule has 6 heteroatoms. The first-order chi connectivity index (χ1) is 10.7. The second kappa shape index (κ2) is 34.1. The van der Waals surface area contributed by atoms with Gasteiger partial charge in [-0.15, -0.1) is 0 Å². The van der Waals surface area contributed by atoms with Crippen molar-refractivity contribution in [3.05, 3.63) is 38.6 Å². The van der Waals surface area contributed by atoms with Crippen molar-refractivity contribution in [2.24, 2.45) is 0 Å². The molecule has 0 saturated heterocycles. The van der Waals surface area contributed by atoms with Crippen molar-refractivity contribution in [3.63, 3.8) is 0 Å². The minimum atomic E-state index is -1.75. The van der Waals surface area contributed by atoms with E-state index in [1.807, 2.05) is 53.7 Å². The molecule has 0 fully saturated rings. The third kappa shape index (κ3) is 39.5. The van der Waals surface area contributed by atoms with Gasteiger partial charge < -0.3 is 16.0 Å². The molecule has 0 amide bonds. The Morgan fingerprint density at radius 2 is 1.22 bits per heavy atom. The number of allylic oxidation sites excluding steroid dienone is 4. The SMILES string of the molecule is CC[N-]CC.CC[N-]CC.CC[N-]CC.[F][GeH2][C]1=[C-]CC=C1.[Zr+4]. The van der Waals surface area contributed by atoms with Crippen LogP contribution in [0.3, 0.4) is 0 Å². The van der Waals surface area contributed by atoms with Gasteiger partial charge in [0, 0.05) is 0 Å². The van der Waals surface area contributed by atoms with Crippen LogP contribution in [0.15, 0.2) is 16.6 Å². The molecule has 134 valence electrons. The molecule has 0 unspecified atom stereocenters. The zero-order valence-electron chi connectivity index (χ0n) is 16.0. The van der Waals surface area contributed by atoms with Crippen LogP contribution in [0.5, 0.6) is 0 Å². The molecule has 23 heavy (non-hydrogen) atoms. The Hall–Kier alpha value is 0.716. The maximum atomic E-state index is 11.7. The fourth-order valence-electron chi connectivity index (χ4n) is 1.21. The normalized spacial score (nSPS) is 11.3. The van der Waals surface area contributed by atoms with Crippen LogP contribution in [0, 0.1) is 6.08 Å². The van der Waals surface area contributed by atoms with Crippen LogP contribution in [0.2, 0.25) is 0 Å². The van der Waals surface area contributed by atoms with Gasteiger partial charge in [-0.3, -0.25) is 0 Å². The average Bonchev–Trinajstić information content (AvgIpc) is 3.05. The van der Waals surface area contributed by atoms with Gasteiger partial charge in [-0.1, -0.05) is 41.5 Å². The summed E-state index contributed by atoms with van der Waals surface area (Å²) < 4.78 is 12.6. The van der Waals surface area contributed by atoms with Crippen LogP contribution in [0.25, 0.3) is 16.0 Å². The maximum absolute atomic E-state index is 11.7. The Bertz CT molecular complexity index is 220. The Balaban J connectivity index is -0.000000105. The molecular weight excluding hydrogens is 429 g/mol. The third-order valence-corrected chi connectivity index (χ3v) is 3.87. The molecule has 0 N–H and O–H groups in total. The molecule has 0 aromatic heterocycles. The summed E-state index contributed by atoms with van der Waals surface area (Å²) in [4.78, 5) is 0. The quantitative estimate of drug-likeness (QED) is 0.380. The molecule has 1 aliphatic carbocycles. The van der Waals surface area contributed by atoms with Crippen molar-refractivity contribution in [1.82, 2.24) is 0 Å². The predicted octanol–water partition coefficient (Wildman–Crippen LogP) is 4.88. The fourth-order valence-corrected chi connectivity index (χ4v) is 2.25. The molecule has 0 saturated carbocycles. The van der Waals surface area contributed by atoms with E-state index in [0.29, 0.717) is 0 Å². The first kappa shape index (κ1) is 31.5. The minimum absolute atomic E-state index is 0. The van der Waals surface area contributed by atoms with Crippen LogP contribution in [-0.4, -0.2) is 55.2 Å². The van der Waals surface area contributed by atoms with Gasteiger partial charge >= 0.3 is 74.7 Å². The molecule has 0 spiro atoms. The number of hydrogen-bond acceptors (Lipinski definition) is 0. The summed E-state index contributed by atoms with van der Waals surface area (Å²) in [7, 11) is 0. The first-order valence-corrected chi connectivity index (χ1v) is 11.0. The third-order valence-electron chi connectivity index (χ3n) is 2.25. The van der Waals surface area contributed by atoms with Crippen LogP contribution in [0.1, 0.15) is 48.0 Å². The Morgan fingerprint density at radius 1 is 0.870 bits per heavy atom. The number of rotatable bonds is 7. The van der Waals surface area contributed by atoms with Gasteiger partial charge in [0.1, 0.15) is 0 Å². The number of hydrogen-bond donors (Lipinski definition) is 0. The van der Waals surface area contributed by atoms with Crippen LogP contribution in [0.4, 0.5) is 3.50 Å². The summed E-state index contributed by atoms with van der Waals surface area (Å²) in [5.41, 5.74) is 0. The topological polar surface area (TPSA) is 42.3 Å². The zero-order valence-corrected chi connectivity index (χ0v) is 21.5. The van der Waals surface area contributed by atoms with Crippen LogP contribution >= 0.6 is 0 Å². The van der Waals surface area contributed by atoms with Crippen molar-refractivity contribution >= 4 is 15.9 Å². The molecule has 0 heterocycles. The maximum Gasteiger partial charge on any atom is 4.00 e. The fraction of sp³-hybridized carbons (Fsp3) is 0.765. The minimum Gasteiger partial charge on any atom is 4.00 e. The van der Waals surface area contributed by atoms with E-state index in [0.717, 1.165) is 50.1 Å². The monoisotopic (exact) mass is 465 g/mol. The summed E-state index contributed by atoms with van der Waals surface area (Å²) >= 11 is -1.75. The van der Waals surface area contributed by atoms with Crippen molar-refractivity contribution < 1.29 is 29.7 Å². The summed E-state index contributed by atoms with van der Waals surface area (Å²) in [6.07, 6.45) is 7.55. The van der Waals surface area contributed by atoms with E-state index in [2.05, 4.69) is 22.0 Å². The Kier molecular flexibility index (Phi) is 46.7. The summed E-state index contributed by atoms with van der Waals surface area (Å²) in [6.45, 7) is 18.1. The molecule has 3 nitrogen and oxygen atoms in total. The molecule has 1 rings (SSSR count). The molecular formula is C17H36FGeN3Zr. The van der Waals surface area contributed by atoms with E-state index in [4.69, 9.17) is 0 Å². The van der Waals surface area contributed by atoms with E-state index < -0.39 is 15.9 Å². The molecule has 0 atom stereocenters.